The molecule has 0 bridgehead atoms. The van der Waals surface area contributed by atoms with E-state index in [1.807, 2.05) is 0 Å². The molecule has 2 aromatic carbocycles. The summed E-state index contributed by atoms with van der Waals surface area (Å²) in [6.45, 7) is 4.30. The molecule has 4 rings (SSSR count). The van der Waals surface area contributed by atoms with Gasteiger partial charge in [-0.15, -0.1) is 0 Å². The first-order chi connectivity index (χ1) is 11.6. The van der Waals surface area contributed by atoms with Gasteiger partial charge in [-0.2, -0.15) is 0 Å². The number of aliphatic imine (C=N–C) groups is 1. The van der Waals surface area contributed by atoms with Crippen LogP contribution in [0.2, 0.25) is 5.02 Å². The van der Waals surface area contributed by atoms with Crippen LogP contribution in [0.3, 0.4) is 0 Å². The average Bonchev–Trinajstić information content (AvgIpc) is 2.99. The maximum Gasteiger partial charge on any atom is 0.143 e. The van der Waals surface area contributed by atoms with Crippen LogP contribution in [0.25, 0.3) is 0 Å². The zero-order valence-corrected chi connectivity index (χ0v) is 14.4. The van der Waals surface area contributed by atoms with Gasteiger partial charge in [0, 0.05) is 44.4 Å². The molecule has 0 saturated carbocycles. The quantitative estimate of drug-likeness (QED) is 0.823. The lowest BCUT2D eigenvalue weighted by Gasteiger charge is -2.34. The summed E-state index contributed by atoms with van der Waals surface area (Å²) in [6.07, 6.45) is 0.698. The van der Waals surface area contributed by atoms with Crippen LogP contribution in [0.5, 0.6) is 0 Å². The Bertz CT molecular complexity index is 793. The second-order valence-electron chi connectivity index (χ2n) is 6.47. The summed E-state index contributed by atoms with van der Waals surface area (Å²) in [5.41, 5.74) is 4.98. The molecule has 0 N–H and O–H groups in total. The minimum atomic E-state index is -0.411. The first-order valence-corrected chi connectivity index (χ1v) is 8.57. The lowest BCUT2D eigenvalue weighted by molar-refractivity contribution is 0.313. The Morgan fingerprint density at radius 2 is 1.75 bits per heavy atom. The maximum atomic E-state index is 13.6. The highest BCUT2D eigenvalue weighted by Crippen LogP contribution is 2.33. The number of piperazine rings is 1. The van der Waals surface area contributed by atoms with E-state index in [2.05, 4.69) is 46.1 Å². The van der Waals surface area contributed by atoms with Crippen LogP contribution < -0.4 is 4.90 Å². The molecule has 0 unspecified atom stereocenters. The molecule has 5 heteroatoms. The minimum Gasteiger partial charge on any atom is -0.369 e. The standard InChI is InChI=1S/C19H19ClFN3/c1-23-6-8-24(9-7-23)15-4-2-13(3-5-15)18-11-14-10-16(20)17(21)12-19(14)22-18/h2-5,10,12H,6-9,11H2,1H3. The largest absolute Gasteiger partial charge is 0.369 e. The molecule has 1 saturated heterocycles. The van der Waals surface area contributed by atoms with Gasteiger partial charge in [-0.05, 0) is 36.4 Å². The van der Waals surface area contributed by atoms with E-state index in [-0.39, 0.29) is 5.02 Å². The van der Waals surface area contributed by atoms with Crippen LogP contribution >= 0.6 is 11.6 Å². The van der Waals surface area contributed by atoms with E-state index >= 15 is 0 Å². The van der Waals surface area contributed by atoms with Crippen LogP contribution in [-0.2, 0) is 6.42 Å². The normalized spacial score (nSPS) is 17.8. The van der Waals surface area contributed by atoms with Crippen molar-refractivity contribution in [2.75, 3.05) is 38.1 Å². The number of hydrogen-bond acceptors (Lipinski definition) is 3. The van der Waals surface area contributed by atoms with E-state index in [4.69, 9.17) is 11.6 Å². The molecule has 3 nitrogen and oxygen atoms in total. The molecule has 0 aromatic heterocycles. The highest BCUT2D eigenvalue weighted by Gasteiger charge is 2.19. The number of halogens is 2. The van der Waals surface area contributed by atoms with Gasteiger partial charge >= 0.3 is 0 Å². The van der Waals surface area contributed by atoms with Crippen LogP contribution in [0.15, 0.2) is 41.4 Å². The van der Waals surface area contributed by atoms with Gasteiger partial charge in [0.05, 0.1) is 16.4 Å². The van der Waals surface area contributed by atoms with Crippen molar-refractivity contribution in [1.29, 1.82) is 0 Å². The zero-order chi connectivity index (χ0) is 16.7. The summed E-state index contributed by atoms with van der Waals surface area (Å²) in [5, 5.41) is 0.163. The molecule has 0 amide bonds. The summed E-state index contributed by atoms with van der Waals surface area (Å²) in [6, 6.07) is 11.6. The molecule has 2 heterocycles. The lowest BCUT2D eigenvalue weighted by Crippen LogP contribution is -2.44. The molecule has 24 heavy (non-hydrogen) atoms. The van der Waals surface area contributed by atoms with Gasteiger partial charge < -0.3 is 9.80 Å². The Balaban J connectivity index is 1.53. The fourth-order valence-corrected chi connectivity index (χ4v) is 3.47. The fourth-order valence-electron chi connectivity index (χ4n) is 3.28. The number of likely N-dealkylation sites (N-methyl/N-ethyl adjacent to an activating group) is 1. The fraction of sp³-hybridized carbons (Fsp3) is 0.316. The van der Waals surface area contributed by atoms with E-state index in [1.54, 1.807) is 6.07 Å². The van der Waals surface area contributed by atoms with Gasteiger partial charge in [-0.1, -0.05) is 23.7 Å². The van der Waals surface area contributed by atoms with Gasteiger partial charge in [0.25, 0.3) is 0 Å². The van der Waals surface area contributed by atoms with Gasteiger partial charge in [0.2, 0.25) is 0 Å². The second kappa shape index (κ2) is 6.19. The summed E-state index contributed by atoms with van der Waals surface area (Å²) >= 11 is 5.87. The Labute approximate surface area is 146 Å². The summed E-state index contributed by atoms with van der Waals surface area (Å²) in [5.74, 6) is -0.411. The van der Waals surface area contributed by atoms with Crippen molar-refractivity contribution in [3.8, 4) is 0 Å². The third-order valence-electron chi connectivity index (χ3n) is 4.80. The molecule has 0 radical (unpaired) electrons. The highest BCUT2D eigenvalue weighted by molar-refractivity contribution is 6.31. The summed E-state index contributed by atoms with van der Waals surface area (Å²) in [7, 11) is 2.16. The van der Waals surface area contributed by atoms with Crippen LogP contribution in [0.1, 0.15) is 11.1 Å². The molecule has 0 spiro atoms. The Kier molecular flexibility index (Phi) is 4.02. The van der Waals surface area contributed by atoms with Crippen LogP contribution in [-0.4, -0.2) is 43.8 Å². The Morgan fingerprint density at radius 1 is 1.04 bits per heavy atom. The Morgan fingerprint density at radius 3 is 2.46 bits per heavy atom. The first-order valence-electron chi connectivity index (χ1n) is 8.19. The molecule has 2 aromatic rings. The Hall–Kier alpha value is -1.91. The number of hydrogen-bond donors (Lipinski definition) is 0. The monoisotopic (exact) mass is 343 g/mol. The molecule has 2 aliphatic rings. The van der Waals surface area contributed by atoms with E-state index in [0.29, 0.717) is 12.1 Å². The highest BCUT2D eigenvalue weighted by atomic mass is 35.5. The molecular formula is C19H19ClFN3. The molecule has 2 aliphatic heterocycles. The SMILES string of the molecule is CN1CCN(c2ccc(C3=Nc4cc(F)c(Cl)cc4C3)cc2)CC1. The van der Waals surface area contributed by atoms with Crippen molar-refractivity contribution in [2.24, 2.45) is 4.99 Å². The van der Waals surface area contributed by atoms with E-state index in [9.17, 15) is 4.39 Å². The van der Waals surface area contributed by atoms with Crippen molar-refractivity contribution in [3.63, 3.8) is 0 Å². The number of rotatable bonds is 2. The molecule has 0 atom stereocenters. The smallest absolute Gasteiger partial charge is 0.143 e. The number of anilines is 1. The predicted octanol–water partition coefficient (Wildman–Crippen LogP) is 3.91. The van der Waals surface area contributed by atoms with Gasteiger partial charge in [-0.3, -0.25) is 4.99 Å². The van der Waals surface area contributed by atoms with E-state index < -0.39 is 5.82 Å². The molecule has 124 valence electrons. The number of nitrogens with zero attached hydrogens (tertiary/aromatic N) is 3. The first kappa shape index (κ1) is 15.6. The third-order valence-corrected chi connectivity index (χ3v) is 5.09. The summed E-state index contributed by atoms with van der Waals surface area (Å²) < 4.78 is 13.6. The molecular weight excluding hydrogens is 325 g/mol. The minimum absolute atomic E-state index is 0.163. The van der Waals surface area contributed by atoms with Gasteiger partial charge in [-0.25, -0.2) is 4.39 Å². The van der Waals surface area contributed by atoms with Crippen molar-refractivity contribution >= 4 is 28.7 Å². The predicted molar refractivity (Wildman–Crippen MR) is 97.5 cm³/mol. The van der Waals surface area contributed by atoms with Crippen molar-refractivity contribution in [2.45, 2.75) is 6.42 Å². The van der Waals surface area contributed by atoms with Crippen molar-refractivity contribution in [3.05, 3.63) is 58.4 Å². The second-order valence-corrected chi connectivity index (χ2v) is 6.87. The van der Waals surface area contributed by atoms with Gasteiger partial charge in [0.1, 0.15) is 5.82 Å². The zero-order valence-electron chi connectivity index (χ0n) is 13.6. The van der Waals surface area contributed by atoms with Gasteiger partial charge in [0.15, 0.2) is 0 Å². The maximum absolute atomic E-state index is 13.6. The van der Waals surface area contributed by atoms with E-state index in [0.717, 1.165) is 43.0 Å². The molecule has 1 fully saturated rings. The summed E-state index contributed by atoms with van der Waals surface area (Å²) in [4.78, 5) is 9.33. The number of benzene rings is 2. The van der Waals surface area contributed by atoms with Crippen LogP contribution in [0.4, 0.5) is 15.8 Å². The lowest BCUT2D eigenvalue weighted by atomic mass is 10.0. The third kappa shape index (κ3) is 2.92. The van der Waals surface area contributed by atoms with E-state index in [1.165, 1.54) is 11.8 Å². The average molecular weight is 344 g/mol. The van der Waals surface area contributed by atoms with Crippen LogP contribution in [0, 0.1) is 5.82 Å². The topological polar surface area (TPSA) is 18.8 Å². The van der Waals surface area contributed by atoms with Crippen molar-refractivity contribution in [1.82, 2.24) is 4.90 Å². The number of fused-ring (bicyclic) bond motifs is 1. The molecule has 0 aliphatic carbocycles. The van der Waals surface area contributed by atoms with Crippen molar-refractivity contribution < 1.29 is 4.39 Å².